The molecule has 1 aromatic heterocycles. The van der Waals surface area contributed by atoms with Gasteiger partial charge in [-0.2, -0.15) is 13.2 Å². The average Bonchev–Trinajstić information content (AvgIpc) is 3.35. The normalized spacial score (nSPS) is 18.5. The second-order valence-corrected chi connectivity index (χ2v) is 9.45. The number of carbonyl (C=O) groups is 2. The van der Waals surface area contributed by atoms with E-state index in [9.17, 15) is 22.8 Å². The molecule has 1 N–H and O–H groups in total. The van der Waals surface area contributed by atoms with E-state index in [4.69, 9.17) is 0 Å². The molecule has 2 amide bonds. The number of carbonyl (C=O) groups excluding carboxylic acids is 2. The van der Waals surface area contributed by atoms with Crippen molar-refractivity contribution in [1.82, 2.24) is 10.2 Å². The molecule has 1 aliphatic rings. The van der Waals surface area contributed by atoms with Crippen LogP contribution in [-0.2, 0) is 28.7 Å². The van der Waals surface area contributed by atoms with Crippen molar-refractivity contribution in [3.63, 3.8) is 0 Å². The van der Waals surface area contributed by atoms with Gasteiger partial charge in [0.05, 0.1) is 23.9 Å². The molecule has 1 saturated heterocycles. The number of likely N-dealkylation sites (tertiary alicyclic amines) is 1. The summed E-state index contributed by atoms with van der Waals surface area (Å²) in [5.74, 6) is -0.706. The molecule has 3 aromatic rings. The highest BCUT2D eigenvalue weighted by molar-refractivity contribution is 7.10. The van der Waals surface area contributed by atoms with E-state index in [1.54, 1.807) is 11.0 Å². The molecule has 4 rings (SSSR count). The Morgan fingerprint density at radius 3 is 2.50 bits per heavy atom. The monoisotopic (exact) mass is 486 g/mol. The average molecular weight is 487 g/mol. The Balaban J connectivity index is 1.44. The Labute approximate surface area is 200 Å². The molecule has 1 fully saturated rings. The summed E-state index contributed by atoms with van der Waals surface area (Å²) in [6, 6.07) is 18.4. The minimum absolute atomic E-state index is 0.00447. The van der Waals surface area contributed by atoms with Gasteiger partial charge in [0.2, 0.25) is 11.8 Å². The fraction of sp³-hybridized carbons (Fsp3) is 0.308. The standard InChI is InChI=1S/C26H25F3N2O2S/c27-26(28,29)21-9-4-6-18(14-21)16-30-25(33)20-11-12-23(19-7-2-1-3-8-19)31(17-20)24(32)15-22-10-5-13-34-22/h1-10,13-14,20,23H,11-12,15-17H2,(H,30,33)/t20-,23-/m0/s1. The summed E-state index contributed by atoms with van der Waals surface area (Å²) in [5, 5.41) is 4.69. The van der Waals surface area contributed by atoms with E-state index < -0.39 is 17.7 Å². The summed E-state index contributed by atoms with van der Waals surface area (Å²) in [4.78, 5) is 28.9. The number of amides is 2. The molecule has 0 spiro atoms. The lowest BCUT2D eigenvalue weighted by molar-refractivity contribution is -0.139. The maximum Gasteiger partial charge on any atom is 0.416 e. The van der Waals surface area contributed by atoms with E-state index in [0.29, 0.717) is 18.4 Å². The van der Waals surface area contributed by atoms with Crippen molar-refractivity contribution < 1.29 is 22.8 Å². The van der Waals surface area contributed by atoms with Gasteiger partial charge in [-0.05, 0) is 47.5 Å². The van der Waals surface area contributed by atoms with Crippen molar-refractivity contribution in [2.24, 2.45) is 5.92 Å². The van der Waals surface area contributed by atoms with Gasteiger partial charge in [0.15, 0.2) is 0 Å². The third kappa shape index (κ3) is 5.86. The van der Waals surface area contributed by atoms with Crippen LogP contribution in [0.3, 0.4) is 0 Å². The molecular weight excluding hydrogens is 461 g/mol. The Morgan fingerprint density at radius 1 is 1.00 bits per heavy atom. The number of hydrogen-bond donors (Lipinski definition) is 1. The minimum atomic E-state index is -4.43. The SMILES string of the molecule is O=C(NCc1cccc(C(F)(F)F)c1)[C@H]1CC[C@@H](c2ccccc2)N(C(=O)Cc2cccs2)C1. The maximum atomic E-state index is 13.2. The van der Waals surface area contributed by atoms with E-state index in [2.05, 4.69) is 5.32 Å². The second-order valence-electron chi connectivity index (χ2n) is 8.42. The molecule has 0 radical (unpaired) electrons. The van der Waals surface area contributed by atoms with E-state index in [-0.39, 0.29) is 37.4 Å². The lowest BCUT2D eigenvalue weighted by atomic mass is 9.88. The Kier molecular flexibility index (Phi) is 7.36. The molecule has 0 unspecified atom stereocenters. The topological polar surface area (TPSA) is 49.4 Å². The molecule has 2 atom stereocenters. The van der Waals surface area contributed by atoms with Crippen molar-refractivity contribution in [3.8, 4) is 0 Å². The van der Waals surface area contributed by atoms with Crippen LogP contribution >= 0.6 is 11.3 Å². The van der Waals surface area contributed by atoms with E-state index in [1.165, 1.54) is 17.4 Å². The van der Waals surface area contributed by atoms with Crippen molar-refractivity contribution in [2.45, 2.75) is 38.0 Å². The Hall–Kier alpha value is -3.13. The fourth-order valence-electron chi connectivity index (χ4n) is 4.34. The number of alkyl halides is 3. The smallest absolute Gasteiger partial charge is 0.352 e. The van der Waals surface area contributed by atoms with Crippen LogP contribution in [0.25, 0.3) is 0 Å². The van der Waals surface area contributed by atoms with Crippen molar-refractivity contribution in [3.05, 3.63) is 93.7 Å². The van der Waals surface area contributed by atoms with E-state index >= 15 is 0 Å². The third-order valence-electron chi connectivity index (χ3n) is 6.08. The van der Waals surface area contributed by atoms with Gasteiger partial charge >= 0.3 is 6.18 Å². The number of nitrogens with zero attached hydrogens (tertiary/aromatic N) is 1. The summed E-state index contributed by atoms with van der Waals surface area (Å²) in [6.45, 7) is 0.280. The first-order valence-corrected chi connectivity index (χ1v) is 12.0. The number of halogens is 3. The summed E-state index contributed by atoms with van der Waals surface area (Å²) in [7, 11) is 0. The first-order valence-electron chi connectivity index (χ1n) is 11.1. The molecule has 4 nitrogen and oxygen atoms in total. The zero-order valence-electron chi connectivity index (χ0n) is 18.4. The lowest BCUT2D eigenvalue weighted by Gasteiger charge is -2.39. The molecule has 2 aromatic carbocycles. The molecule has 0 aliphatic carbocycles. The van der Waals surface area contributed by atoms with Gasteiger partial charge in [0.25, 0.3) is 0 Å². The van der Waals surface area contributed by atoms with Gasteiger partial charge in [-0.15, -0.1) is 11.3 Å². The number of nitrogens with one attached hydrogen (secondary N) is 1. The van der Waals surface area contributed by atoms with Gasteiger partial charge in [0.1, 0.15) is 0 Å². The summed E-state index contributed by atoms with van der Waals surface area (Å²) >= 11 is 1.52. The summed E-state index contributed by atoms with van der Waals surface area (Å²) < 4.78 is 38.9. The predicted molar refractivity (Wildman–Crippen MR) is 125 cm³/mol. The Bertz CT molecular complexity index is 1120. The highest BCUT2D eigenvalue weighted by Gasteiger charge is 2.35. The van der Waals surface area contributed by atoms with Crippen molar-refractivity contribution in [2.75, 3.05) is 6.54 Å². The maximum absolute atomic E-state index is 13.2. The minimum Gasteiger partial charge on any atom is -0.352 e. The van der Waals surface area contributed by atoms with Gasteiger partial charge in [-0.3, -0.25) is 9.59 Å². The third-order valence-corrected chi connectivity index (χ3v) is 6.96. The zero-order valence-corrected chi connectivity index (χ0v) is 19.2. The number of rotatable bonds is 6. The number of hydrogen-bond acceptors (Lipinski definition) is 3. The number of thiophene rings is 1. The van der Waals surface area contributed by atoms with Gasteiger partial charge < -0.3 is 10.2 Å². The first kappa shape index (κ1) is 24.0. The van der Waals surface area contributed by atoms with Gasteiger partial charge in [0, 0.05) is 18.0 Å². The number of piperidine rings is 1. The quantitative estimate of drug-likeness (QED) is 0.493. The number of benzene rings is 2. The van der Waals surface area contributed by atoms with E-state index in [1.807, 2.05) is 47.8 Å². The predicted octanol–water partition coefficient (Wildman–Crippen LogP) is 5.61. The molecule has 178 valence electrons. The van der Waals surface area contributed by atoms with Crippen molar-refractivity contribution >= 4 is 23.2 Å². The van der Waals surface area contributed by atoms with Gasteiger partial charge in [-0.1, -0.05) is 48.5 Å². The van der Waals surface area contributed by atoms with Gasteiger partial charge in [-0.25, -0.2) is 0 Å². The molecule has 2 heterocycles. The van der Waals surface area contributed by atoms with Crippen LogP contribution in [0.15, 0.2) is 72.1 Å². The van der Waals surface area contributed by atoms with Crippen LogP contribution in [0.2, 0.25) is 0 Å². The molecule has 0 bridgehead atoms. The zero-order chi connectivity index (χ0) is 24.1. The molecule has 0 saturated carbocycles. The highest BCUT2D eigenvalue weighted by atomic mass is 32.1. The molecule has 34 heavy (non-hydrogen) atoms. The van der Waals surface area contributed by atoms with Crippen LogP contribution in [0.4, 0.5) is 13.2 Å². The Morgan fingerprint density at radius 2 is 1.79 bits per heavy atom. The van der Waals surface area contributed by atoms with Crippen LogP contribution in [0, 0.1) is 5.92 Å². The summed E-state index contributed by atoms with van der Waals surface area (Å²) in [5.41, 5.74) is 0.671. The van der Waals surface area contributed by atoms with Crippen LogP contribution in [0.5, 0.6) is 0 Å². The van der Waals surface area contributed by atoms with Crippen LogP contribution in [-0.4, -0.2) is 23.3 Å². The molecular formula is C26H25F3N2O2S. The highest BCUT2D eigenvalue weighted by Crippen LogP contribution is 2.34. The van der Waals surface area contributed by atoms with E-state index in [0.717, 1.165) is 22.6 Å². The fourth-order valence-corrected chi connectivity index (χ4v) is 5.03. The molecule has 1 aliphatic heterocycles. The molecule has 8 heteroatoms. The van der Waals surface area contributed by atoms with Crippen LogP contribution in [0.1, 0.15) is 40.5 Å². The van der Waals surface area contributed by atoms with Crippen LogP contribution < -0.4 is 5.32 Å². The van der Waals surface area contributed by atoms with Crippen molar-refractivity contribution in [1.29, 1.82) is 0 Å². The summed E-state index contributed by atoms with van der Waals surface area (Å²) in [6.07, 6.45) is -2.92. The lowest BCUT2D eigenvalue weighted by Crippen LogP contribution is -2.47. The second kappa shape index (κ2) is 10.4. The first-order chi connectivity index (χ1) is 16.3. The largest absolute Gasteiger partial charge is 0.416 e.